The Labute approximate surface area is 297 Å². The minimum Gasteiger partial charge on any atom is -0.406 e. The second-order valence-corrected chi connectivity index (χ2v) is 15.7. The van der Waals surface area contributed by atoms with Gasteiger partial charge in [0.1, 0.15) is 29.6 Å². The first-order valence-corrected chi connectivity index (χ1v) is 18.2. The lowest BCUT2D eigenvalue weighted by molar-refractivity contribution is -0.142. The van der Waals surface area contributed by atoms with Crippen molar-refractivity contribution in [3.63, 3.8) is 0 Å². The molecular formula is C35H28F7N7O3S. The number of aromatic nitrogens is 5. The fourth-order valence-electron chi connectivity index (χ4n) is 7.51. The second kappa shape index (κ2) is 12.4. The van der Waals surface area contributed by atoms with Gasteiger partial charge < -0.3 is 10.6 Å². The SMILES string of the molecule is [C-]#[N+]c1nc([C@@H](CC(=O)Cn2nc(C(F)(F)F)c3c2C(F)(F)[C@@H]2C[C@H]32)Cc2cc(F)cc(F)c2)c(-c2cccc3c(CS(C)(=O)=O)nn(C)c23)cc1N. The van der Waals surface area contributed by atoms with Gasteiger partial charge in [0.2, 0.25) is 0 Å². The summed E-state index contributed by atoms with van der Waals surface area (Å²) < 4.78 is 128. The topological polar surface area (TPSA) is 130 Å². The van der Waals surface area contributed by atoms with Crippen molar-refractivity contribution in [3.8, 4) is 11.1 Å². The Balaban J connectivity index is 1.36. The minimum atomic E-state index is -5.05. The number of nitrogens with zero attached hydrogens (tertiary/aromatic N) is 6. The van der Waals surface area contributed by atoms with E-state index in [-0.39, 0.29) is 46.9 Å². The molecule has 2 N–H and O–H groups in total. The van der Waals surface area contributed by atoms with E-state index in [1.165, 1.54) is 10.7 Å². The average Bonchev–Trinajstić information content (AvgIpc) is 3.59. The van der Waals surface area contributed by atoms with Gasteiger partial charge in [-0.25, -0.2) is 17.2 Å². The number of ketones is 1. The van der Waals surface area contributed by atoms with Crippen LogP contribution < -0.4 is 5.73 Å². The van der Waals surface area contributed by atoms with Crippen molar-refractivity contribution >= 4 is 38.0 Å². The van der Waals surface area contributed by atoms with Crippen LogP contribution in [0.5, 0.6) is 0 Å². The van der Waals surface area contributed by atoms with Gasteiger partial charge in [-0.05, 0) is 42.5 Å². The van der Waals surface area contributed by atoms with Crippen LogP contribution in [0, 0.1) is 24.1 Å². The Kier molecular flexibility index (Phi) is 8.43. The smallest absolute Gasteiger partial charge is 0.406 e. The van der Waals surface area contributed by atoms with Gasteiger partial charge in [-0.15, -0.1) is 4.98 Å². The molecule has 5 aromatic rings. The van der Waals surface area contributed by atoms with E-state index >= 15 is 8.78 Å². The number of Topliss-reactive ketones (excluding diaryl/α,β-unsaturated/α-hetero) is 1. The molecule has 0 radical (unpaired) electrons. The lowest BCUT2D eigenvalue weighted by Gasteiger charge is -2.20. The summed E-state index contributed by atoms with van der Waals surface area (Å²) >= 11 is 0. The summed E-state index contributed by atoms with van der Waals surface area (Å²) in [6.45, 7) is 6.69. The van der Waals surface area contributed by atoms with Crippen LogP contribution in [0.2, 0.25) is 0 Å². The van der Waals surface area contributed by atoms with Crippen LogP contribution in [0.4, 0.5) is 42.2 Å². The molecule has 2 aliphatic carbocycles. The Morgan fingerprint density at radius 2 is 1.81 bits per heavy atom. The summed E-state index contributed by atoms with van der Waals surface area (Å²) in [5.41, 5.74) is 4.42. The molecule has 53 heavy (non-hydrogen) atoms. The van der Waals surface area contributed by atoms with Gasteiger partial charge in [0.25, 0.3) is 11.7 Å². The molecule has 276 valence electrons. The first kappa shape index (κ1) is 36.1. The molecule has 10 nitrogen and oxygen atoms in total. The summed E-state index contributed by atoms with van der Waals surface area (Å²) in [6.07, 6.45) is -5.04. The molecule has 0 unspecified atom stereocenters. The number of para-hydroxylation sites is 1. The molecular weight excluding hydrogens is 731 g/mol. The molecule has 2 aromatic carbocycles. The van der Waals surface area contributed by atoms with Gasteiger partial charge in [-0.1, -0.05) is 24.8 Å². The van der Waals surface area contributed by atoms with E-state index in [4.69, 9.17) is 12.3 Å². The zero-order valence-electron chi connectivity index (χ0n) is 27.8. The van der Waals surface area contributed by atoms with Crippen LogP contribution in [0.1, 0.15) is 58.6 Å². The predicted octanol–water partition coefficient (Wildman–Crippen LogP) is 7.00. The summed E-state index contributed by atoms with van der Waals surface area (Å²) in [5, 5.41) is 8.28. The van der Waals surface area contributed by atoms with Crippen molar-refractivity contribution in [1.29, 1.82) is 0 Å². The minimum absolute atomic E-state index is 0.0230. The Bertz CT molecular complexity index is 2480. The van der Waals surface area contributed by atoms with Crippen LogP contribution in [-0.4, -0.2) is 45.0 Å². The maximum absolute atomic E-state index is 15.3. The van der Waals surface area contributed by atoms with E-state index in [0.717, 1.165) is 18.4 Å². The number of alkyl halides is 5. The Morgan fingerprint density at radius 3 is 2.45 bits per heavy atom. The number of pyridine rings is 1. The zero-order valence-corrected chi connectivity index (χ0v) is 28.7. The quantitative estimate of drug-likeness (QED) is 0.120. The lowest BCUT2D eigenvalue weighted by Crippen LogP contribution is -2.24. The molecule has 1 fully saturated rings. The second-order valence-electron chi connectivity index (χ2n) is 13.5. The van der Waals surface area contributed by atoms with E-state index in [2.05, 4.69) is 20.0 Å². The molecule has 2 aliphatic rings. The standard InChI is InChI=1S/C35H28F7N7O3S/c1-44-33-26(43)13-23(21-5-4-6-22-27(15-53(3,51)52)46-48(2)30(21)22)29(45-33)17(7-16-8-18(36)11-19(37)9-16)10-20(50)14-49-32-28(31(47-49)35(40,41)42)24-12-25(24)34(32,38)39/h4-6,8-9,11,13,17,24-25H,7,10,12,14-15,43H2,2-3H3/t17-,24+,25-/m1/s1. The van der Waals surface area contributed by atoms with Crippen molar-refractivity contribution in [3.05, 3.63) is 99.4 Å². The highest BCUT2D eigenvalue weighted by Crippen LogP contribution is 2.68. The van der Waals surface area contributed by atoms with Gasteiger partial charge in [0, 0.05) is 59.7 Å². The third-order valence-electron chi connectivity index (χ3n) is 9.59. The first-order chi connectivity index (χ1) is 24.8. The largest absolute Gasteiger partial charge is 0.435 e. The van der Waals surface area contributed by atoms with Crippen molar-refractivity contribution in [1.82, 2.24) is 24.5 Å². The molecule has 3 atom stereocenters. The maximum Gasteiger partial charge on any atom is 0.435 e. The van der Waals surface area contributed by atoms with E-state index in [0.29, 0.717) is 27.2 Å². The molecule has 1 saturated carbocycles. The highest BCUT2D eigenvalue weighted by atomic mass is 32.2. The van der Waals surface area contributed by atoms with Crippen LogP contribution >= 0.6 is 0 Å². The molecule has 3 heterocycles. The first-order valence-electron chi connectivity index (χ1n) is 16.1. The van der Waals surface area contributed by atoms with Gasteiger partial charge in [-0.3, -0.25) is 14.2 Å². The molecule has 3 aromatic heterocycles. The fraction of sp³-hybridized carbons (Fsp3) is 0.343. The monoisotopic (exact) mass is 759 g/mol. The number of nitrogens with two attached hydrogens (primary N) is 1. The number of hydrogen-bond donors (Lipinski definition) is 1. The van der Waals surface area contributed by atoms with Gasteiger partial charge in [0.05, 0.1) is 22.7 Å². The number of halogens is 7. The lowest BCUT2D eigenvalue weighted by atomic mass is 9.86. The predicted molar refractivity (Wildman–Crippen MR) is 178 cm³/mol. The number of benzene rings is 2. The summed E-state index contributed by atoms with van der Waals surface area (Å²) in [7, 11) is -1.96. The fourth-order valence-corrected chi connectivity index (χ4v) is 8.22. The van der Waals surface area contributed by atoms with Crippen molar-refractivity contribution in [2.24, 2.45) is 13.0 Å². The molecule has 0 amide bonds. The van der Waals surface area contributed by atoms with Gasteiger partial charge in [-0.2, -0.15) is 32.1 Å². The van der Waals surface area contributed by atoms with Crippen LogP contribution in [0.25, 0.3) is 26.9 Å². The normalized spacial score (nSPS) is 18.1. The molecule has 0 saturated heterocycles. The maximum atomic E-state index is 15.3. The van der Waals surface area contributed by atoms with Crippen molar-refractivity contribution in [2.45, 2.75) is 55.5 Å². The van der Waals surface area contributed by atoms with Gasteiger partial charge >= 0.3 is 6.18 Å². The summed E-state index contributed by atoms with van der Waals surface area (Å²) in [5.74, 6) is -10.6. The van der Waals surface area contributed by atoms with E-state index in [1.807, 2.05) is 0 Å². The number of sulfone groups is 1. The summed E-state index contributed by atoms with van der Waals surface area (Å²) in [6, 6.07) is 8.93. The molecule has 7 rings (SSSR count). The number of fused-ring (bicyclic) bond motifs is 4. The van der Waals surface area contributed by atoms with Crippen molar-refractivity contribution in [2.75, 3.05) is 12.0 Å². The number of carbonyl (C=O) groups is 1. The van der Waals surface area contributed by atoms with Gasteiger partial charge in [0.15, 0.2) is 21.3 Å². The average molecular weight is 760 g/mol. The summed E-state index contributed by atoms with van der Waals surface area (Å²) in [4.78, 5) is 21.7. The van der Waals surface area contributed by atoms with Crippen LogP contribution in [0.3, 0.4) is 0 Å². The third kappa shape index (κ3) is 6.51. The Morgan fingerprint density at radius 1 is 1.11 bits per heavy atom. The Hall–Kier alpha value is -5.31. The number of rotatable bonds is 10. The van der Waals surface area contributed by atoms with Crippen molar-refractivity contribution < 1.29 is 43.9 Å². The number of anilines is 1. The third-order valence-corrected chi connectivity index (χ3v) is 10.4. The zero-order chi connectivity index (χ0) is 38.4. The van der Waals surface area contributed by atoms with E-state index < -0.39 is 92.8 Å². The number of nitrogen functional groups attached to an aromatic ring is 1. The number of aryl methyl sites for hydroxylation is 1. The molecule has 0 spiro atoms. The van der Waals surface area contributed by atoms with Crippen LogP contribution in [0.15, 0.2) is 42.5 Å². The molecule has 0 aliphatic heterocycles. The highest BCUT2D eigenvalue weighted by molar-refractivity contribution is 7.89. The number of hydrogen-bond acceptors (Lipinski definition) is 7. The highest BCUT2D eigenvalue weighted by Gasteiger charge is 2.68. The van der Waals surface area contributed by atoms with Crippen LogP contribution in [-0.2, 0) is 52.5 Å². The van der Waals surface area contributed by atoms with E-state index in [1.54, 1.807) is 25.2 Å². The number of carbonyl (C=O) groups excluding carboxylic acids is 1. The molecule has 18 heteroatoms. The molecule has 0 bridgehead atoms. The van der Waals surface area contributed by atoms with E-state index in [9.17, 15) is 35.2 Å².